The standard InChI is InChI=1S/C10H19NO2S/c1-8(2)6-11(3)10(9(12)13)4-5-14-7-10/h8H,4-7H2,1-3H3,(H,12,13). The molecule has 0 spiro atoms. The van der Waals surface area contributed by atoms with E-state index in [1.54, 1.807) is 11.8 Å². The highest BCUT2D eigenvalue weighted by Gasteiger charge is 2.45. The van der Waals surface area contributed by atoms with Gasteiger partial charge in [0.2, 0.25) is 0 Å². The van der Waals surface area contributed by atoms with E-state index in [4.69, 9.17) is 0 Å². The smallest absolute Gasteiger partial charge is 0.325 e. The zero-order valence-corrected chi connectivity index (χ0v) is 9.93. The maximum absolute atomic E-state index is 11.3. The Kier molecular flexibility index (Phi) is 3.84. The molecule has 1 aliphatic rings. The Morgan fingerprint density at radius 3 is 2.64 bits per heavy atom. The summed E-state index contributed by atoms with van der Waals surface area (Å²) in [4.78, 5) is 13.3. The summed E-state index contributed by atoms with van der Waals surface area (Å²) >= 11 is 1.74. The molecule has 4 heteroatoms. The quantitative estimate of drug-likeness (QED) is 0.775. The van der Waals surface area contributed by atoms with Gasteiger partial charge in [0.05, 0.1) is 0 Å². The molecule has 0 saturated carbocycles. The van der Waals surface area contributed by atoms with Crippen LogP contribution in [-0.4, -0.2) is 46.6 Å². The second-order valence-electron chi connectivity index (χ2n) is 4.41. The van der Waals surface area contributed by atoms with E-state index in [2.05, 4.69) is 13.8 Å². The van der Waals surface area contributed by atoms with E-state index in [-0.39, 0.29) is 0 Å². The third-order valence-corrected chi connectivity index (χ3v) is 3.94. The summed E-state index contributed by atoms with van der Waals surface area (Å²) in [5.41, 5.74) is -0.602. The molecule has 1 heterocycles. The normalized spacial score (nSPS) is 27.5. The lowest BCUT2D eigenvalue weighted by Gasteiger charge is -2.35. The van der Waals surface area contributed by atoms with Gasteiger partial charge in [0, 0.05) is 12.3 Å². The van der Waals surface area contributed by atoms with Crippen LogP contribution < -0.4 is 0 Å². The molecule has 0 radical (unpaired) electrons. The van der Waals surface area contributed by atoms with Crippen molar-refractivity contribution in [2.75, 3.05) is 25.1 Å². The van der Waals surface area contributed by atoms with E-state index >= 15 is 0 Å². The highest BCUT2D eigenvalue weighted by Crippen LogP contribution is 2.33. The Bertz CT molecular complexity index is 212. The molecule has 82 valence electrons. The summed E-state index contributed by atoms with van der Waals surface area (Å²) < 4.78 is 0. The van der Waals surface area contributed by atoms with E-state index in [1.165, 1.54) is 0 Å². The van der Waals surface area contributed by atoms with Crippen molar-refractivity contribution in [3.8, 4) is 0 Å². The van der Waals surface area contributed by atoms with Crippen molar-refractivity contribution >= 4 is 17.7 Å². The summed E-state index contributed by atoms with van der Waals surface area (Å²) in [6.45, 7) is 5.09. The van der Waals surface area contributed by atoms with E-state index in [0.29, 0.717) is 5.92 Å². The number of carboxylic acids is 1. The number of carboxylic acid groups (broad SMARTS) is 1. The molecule has 1 rings (SSSR count). The van der Waals surface area contributed by atoms with Crippen molar-refractivity contribution in [3.05, 3.63) is 0 Å². The fraction of sp³-hybridized carbons (Fsp3) is 0.900. The van der Waals surface area contributed by atoms with Crippen molar-refractivity contribution in [1.29, 1.82) is 0 Å². The molecular weight excluding hydrogens is 198 g/mol. The molecule has 1 atom stereocenters. The number of hydrogen-bond acceptors (Lipinski definition) is 3. The van der Waals surface area contributed by atoms with E-state index in [9.17, 15) is 9.90 Å². The van der Waals surface area contributed by atoms with Crippen LogP contribution in [0.15, 0.2) is 0 Å². The first-order chi connectivity index (χ1) is 6.49. The molecule has 1 fully saturated rings. The van der Waals surface area contributed by atoms with Gasteiger partial charge >= 0.3 is 5.97 Å². The minimum absolute atomic E-state index is 0.516. The Morgan fingerprint density at radius 2 is 2.29 bits per heavy atom. The Hall–Kier alpha value is -0.220. The van der Waals surface area contributed by atoms with E-state index < -0.39 is 11.5 Å². The van der Waals surface area contributed by atoms with Crippen LogP contribution in [-0.2, 0) is 4.79 Å². The summed E-state index contributed by atoms with van der Waals surface area (Å²) in [6, 6.07) is 0. The molecule has 1 aliphatic heterocycles. The molecule has 0 aromatic rings. The Balaban J connectivity index is 2.72. The number of thioether (sulfide) groups is 1. The number of likely N-dealkylation sites (N-methyl/N-ethyl adjacent to an activating group) is 1. The molecule has 14 heavy (non-hydrogen) atoms. The van der Waals surface area contributed by atoms with Gasteiger partial charge in [0.15, 0.2) is 0 Å². The van der Waals surface area contributed by atoms with Gasteiger partial charge in [-0.25, -0.2) is 0 Å². The molecule has 1 N–H and O–H groups in total. The zero-order chi connectivity index (χ0) is 10.8. The topological polar surface area (TPSA) is 40.5 Å². The average molecular weight is 217 g/mol. The van der Waals surface area contributed by atoms with Crippen molar-refractivity contribution < 1.29 is 9.90 Å². The molecule has 0 aliphatic carbocycles. The average Bonchev–Trinajstić information content (AvgIpc) is 2.51. The van der Waals surface area contributed by atoms with E-state index in [0.717, 1.165) is 24.5 Å². The van der Waals surface area contributed by atoms with Gasteiger partial charge in [0.25, 0.3) is 0 Å². The number of hydrogen-bond donors (Lipinski definition) is 1. The summed E-state index contributed by atoms with van der Waals surface area (Å²) in [6.07, 6.45) is 0.774. The number of rotatable bonds is 4. The maximum atomic E-state index is 11.3. The van der Waals surface area contributed by atoms with Gasteiger partial charge in [-0.2, -0.15) is 11.8 Å². The fourth-order valence-corrected chi connectivity index (χ4v) is 3.36. The molecule has 0 amide bonds. The first-order valence-electron chi connectivity index (χ1n) is 5.01. The molecule has 1 saturated heterocycles. The second kappa shape index (κ2) is 4.53. The fourth-order valence-electron chi connectivity index (χ4n) is 1.91. The third kappa shape index (κ3) is 2.23. The van der Waals surface area contributed by atoms with Gasteiger partial charge < -0.3 is 5.11 Å². The highest BCUT2D eigenvalue weighted by molar-refractivity contribution is 7.99. The van der Waals surface area contributed by atoms with Crippen molar-refractivity contribution in [3.63, 3.8) is 0 Å². The monoisotopic (exact) mass is 217 g/mol. The van der Waals surface area contributed by atoms with Crippen LogP contribution in [0.25, 0.3) is 0 Å². The minimum atomic E-state index is -0.661. The van der Waals surface area contributed by atoms with Gasteiger partial charge in [0.1, 0.15) is 5.54 Å². The largest absolute Gasteiger partial charge is 0.480 e. The van der Waals surface area contributed by atoms with Crippen LogP contribution in [0, 0.1) is 5.92 Å². The Labute approximate surface area is 89.9 Å². The van der Waals surface area contributed by atoms with Crippen LogP contribution in [0.4, 0.5) is 0 Å². The van der Waals surface area contributed by atoms with Crippen LogP contribution in [0.2, 0.25) is 0 Å². The molecular formula is C10H19NO2S. The number of aliphatic carboxylic acids is 1. The Morgan fingerprint density at radius 1 is 1.64 bits per heavy atom. The van der Waals surface area contributed by atoms with Crippen LogP contribution >= 0.6 is 11.8 Å². The predicted octanol–water partition coefficient (Wildman–Crippen LogP) is 1.53. The predicted molar refractivity (Wildman–Crippen MR) is 59.8 cm³/mol. The van der Waals surface area contributed by atoms with Gasteiger partial charge in [-0.05, 0) is 25.1 Å². The minimum Gasteiger partial charge on any atom is -0.480 e. The van der Waals surface area contributed by atoms with Crippen molar-refractivity contribution in [2.24, 2.45) is 5.92 Å². The molecule has 0 bridgehead atoms. The van der Waals surface area contributed by atoms with Gasteiger partial charge in [-0.3, -0.25) is 9.69 Å². The number of carbonyl (C=O) groups is 1. The third-order valence-electron chi connectivity index (χ3n) is 2.77. The maximum Gasteiger partial charge on any atom is 0.325 e. The lowest BCUT2D eigenvalue weighted by atomic mass is 9.96. The lowest BCUT2D eigenvalue weighted by Crippen LogP contribution is -2.54. The first-order valence-corrected chi connectivity index (χ1v) is 6.17. The SMILES string of the molecule is CC(C)CN(C)C1(C(=O)O)CCSC1. The highest BCUT2D eigenvalue weighted by atomic mass is 32.2. The van der Waals surface area contributed by atoms with Crippen molar-refractivity contribution in [2.45, 2.75) is 25.8 Å². The van der Waals surface area contributed by atoms with Crippen LogP contribution in [0.5, 0.6) is 0 Å². The summed E-state index contributed by atoms with van der Waals surface area (Å²) in [5, 5.41) is 9.29. The molecule has 0 aromatic carbocycles. The van der Waals surface area contributed by atoms with Crippen molar-refractivity contribution in [1.82, 2.24) is 4.90 Å². The lowest BCUT2D eigenvalue weighted by molar-refractivity contribution is -0.149. The summed E-state index contributed by atoms with van der Waals surface area (Å²) in [5.74, 6) is 1.55. The molecule has 0 aromatic heterocycles. The first kappa shape index (κ1) is 11.9. The van der Waals surface area contributed by atoms with Gasteiger partial charge in [-0.15, -0.1) is 0 Å². The second-order valence-corrected chi connectivity index (χ2v) is 5.52. The van der Waals surface area contributed by atoms with E-state index in [1.807, 2.05) is 11.9 Å². The summed E-state index contributed by atoms with van der Waals surface area (Å²) in [7, 11) is 1.93. The number of nitrogens with zero attached hydrogens (tertiary/aromatic N) is 1. The van der Waals surface area contributed by atoms with Gasteiger partial charge in [-0.1, -0.05) is 13.8 Å². The molecule has 3 nitrogen and oxygen atoms in total. The van der Waals surface area contributed by atoms with Crippen LogP contribution in [0.1, 0.15) is 20.3 Å². The zero-order valence-electron chi connectivity index (χ0n) is 9.12. The molecule has 1 unspecified atom stereocenters. The van der Waals surface area contributed by atoms with Crippen LogP contribution in [0.3, 0.4) is 0 Å².